The fraction of sp³-hybridized carbons (Fsp3) is 0.750. The quantitative estimate of drug-likeness (QED) is 0.823. The maximum absolute atomic E-state index is 4.13. The Balaban J connectivity index is 1.89. The molecule has 0 aliphatic heterocycles. The van der Waals surface area contributed by atoms with Crippen molar-refractivity contribution in [2.75, 3.05) is 0 Å². The summed E-state index contributed by atoms with van der Waals surface area (Å²) in [6.45, 7) is 3.29. The predicted octanol–water partition coefficient (Wildman–Crippen LogP) is 2.23. The molecule has 0 saturated heterocycles. The highest BCUT2D eigenvalue weighted by atomic mass is 15.1. The van der Waals surface area contributed by atoms with Crippen molar-refractivity contribution in [2.24, 2.45) is 7.05 Å². The van der Waals surface area contributed by atoms with E-state index in [0.29, 0.717) is 5.54 Å². The number of rotatable bonds is 3. The summed E-state index contributed by atoms with van der Waals surface area (Å²) in [5.74, 6) is 0. The summed E-state index contributed by atoms with van der Waals surface area (Å²) in [5.41, 5.74) is 1.62. The summed E-state index contributed by atoms with van der Waals surface area (Å²) in [6.07, 6.45) is 10.6. The zero-order valence-electron chi connectivity index (χ0n) is 9.79. The Bertz CT molecular complexity index is 310. The Morgan fingerprint density at radius 3 is 2.73 bits per heavy atom. The topological polar surface area (TPSA) is 29.9 Å². The molecule has 1 aromatic rings. The standard InChI is InChI=1S/C12H21N3/c1-12(6-4-3-5-7-12)14-9-11-8-13-10-15(11)2/h8,10,14H,3-7,9H2,1-2H3. The Labute approximate surface area is 91.9 Å². The summed E-state index contributed by atoms with van der Waals surface area (Å²) in [6, 6.07) is 0. The van der Waals surface area contributed by atoms with Crippen LogP contribution in [0, 0.1) is 0 Å². The number of aromatic nitrogens is 2. The monoisotopic (exact) mass is 207 g/mol. The molecule has 3 nitrogen and oxygen atoms in total. The second-order valence-electron chi connectivity index (χ2n) is 4.97. The van der Waals surface area contributed by atoms with Gasteiger partial charge in [0, 0.05) is 25.3 Å². The van der Waals surface area contributed by atoms with Crippen LogP contribution < -0.4 is 5.32 Å². The fourth-order valence-corrected chi connectivity index (χ4v) is 2.37. The van der Waals surface area contributed by atoms with Crippen LogP contribution in [0.1, 0.15) is 44.7 Å². The zero-order valence-corrected chi connectivity index (χ0v) is 9.79. The van der Waals surface area contributed by atoms with E-state index in [1.165, 1.54) is 37.8 Å². The second kappa shape index (κ2) is 4.35. The van der Waals surface area contributed by atoms with Crippen molar-refractivity contribution in [2.45, 2.75) is 51.1 Å². The molecule has 0 unspecified atom stereocenters. The van der Waals surface area contributed by atoms with Gasteiger partial charge in [-0.3, -0.25) is 0 Å². The summed E-state index contributed by atoms with van der Waals surface area (Å²) >= 11 is 0. The van der Waals surface area contributed by atoms with Gasteiger partial charge in [0.25, 0.3) is 0 Å². The highest BCUT2D eigenvalue weighted by Crippen LogP contribution is 2.27. The van der Waals surface area contributed by atoms with Crippen molar-refractivity contribution in [3.8, 4) is 0 Å². The lowest BCUT2D eigenvalue weighted by Crippen LogP contribution is -2.43. The lowest BCUT2D eigenvalue weighted by atomic mass is 9.83. The molecule has 1 aliphatic carbocycles. The lowest BCUT2D eigenvalue weighted by molar-refractivity contribution is 0.251. The molecule has 3 heteroatoms. The van der Waals surface area contributed by atoms with Gasteiger partial charge in [-0.15, -0.1) is 0 Å². The van der Waals surface area contributed by atoms with E-state index in [-0.39, 0.29) is 0 Å². The maximum Gasteiger partial charge on any atom is 0.0945 e. The van der Waals surface area contributed by atoms with Gasteiger partial charge < -0.3 is 9.88 Å². The van der Waals surface area contributed by atoms with Crippen LogP contribution in [0.15, 0.2) is 12.5 Å². The molecule has 1 saturated carbocycles. The first-order valence-corrected chi connectivity index (χ1v) is 5.90. The molecule has 0 aromatic carbocycles. The van der Waals surface area contributed by atoms with Crippen LogP contribution in [0.4, 0.5) is 0 Å². The lowest BCUT2D eigenvalue weighted by Gasteiger charge is -2.34. The molecule has 1 N–H and O–H groups in total. The fourth-order valence-electron chi connectivity index (χ4n) is 2.37. The first-order valence-electron chi connectivity index (χ1n) is 5.90. The van der Waals surface area contributed by atoms with Gasteiger partial charge in [0.05, 0.1) is 12.0 Å². The van der Waals surface area contributed by atoms with Crippen molar-refractivity contribution < 1.29 is 0 Å². The van der Waals surface area contributed by atoms with Gasteiger partial charge in [-0.25, -0.2) is 4.98 Å². The minimum absolute atomic E-state index is 0.350. The number of hydrogen-bond acceptors (Lipinski definition) is 2. The minimum Gasteiger partial charge on any atom is -0.337 e. The average molecular weight is 207 g/mol. The van der Waals surface area contributed by atoms with Gasteiger partial charge in [0.2, 0.25) is 0 Å². The summed E-state index contributed by atoms with van der Waals surface area (Å²) in [4.78, 5) is 4.13. The van der Waals surface area contributed by atoms with Crippen LogP contribution in [0.25, 0.3) is 0 Å². The molecule has 0 amide bonds. The molecule has 2 rings (SSSR count). The number of aryl methyl sites for hydroxylation is 1. The van der Waals surface area contributed by atoms with Crippen LogP contribution in [0.2, 0.25) is 0 Å². The van der Waals surface area contributed by atoms with E-state index in [2.05, 4.69) is 21.8 Å². The number of nitrogens with one attached hydrogen (secondary N) is 1. The largest absolute Gasteiger partial charge is 0.337 e. The summed E-state index contributed by atoms with van der Waals surface area (Å²) in [7, 11) is 2.05. The minimum atomic E-state index is 0.350. The first kappa shape index (κ1) is 10.7. The molecule has 84 valence electrons. The van der Waals surface area contributed by atoms with Crippen LogP contribution >= 0.6 is 0 Å². The van der Waals surface area contributed by atoms with Gasteiger partial charge in [0.1, 0.15) is 0 Å². The van der Waals surface area contributed by atoms with E-state index in [4.69, 9.17) is 0 Å². The number of imidazole rings is 1. The Morgan fingerprint density at radius 2 is 2.13 bits per heavy atom. The SMILES string of the molecule is Cn1cncc1CNC1(C)CCCCC1. The Hall–Kier alpha value is -0.830. The van der Waals surface area contributed by atoms with E-state index in [1.807, 2.05) is 19.6 Å². The highest BCUT2D eigenvalue weighted by Gasteiger charge is 2.25. The number of nitrogens with zero attached hydrogens (tertiary/aromatic N) is 2. The first-order chi connectivity index (χ1) is 7.20. The Kier molecular flexibility index (Phi) is 3.10. The van der Waals surface area contributed by atoms with Crippen LogP contribution in [0.5, 0.6) is 0 Å². The van der Waals surface area contributed by atoms with Gasteiger partial charge in [-0.05, 0) is 19.8 Å². The van der Waals surface area contributed by atoms with Gasteiger partial charge in [-0.1, -0.05) is 19.3 Å². The summed E-state index contributed by atoms with van der Waals surface area (Å²) < 4.78 is 2.08. The van der Waals surface area contributed by atoms with Crippen LogP contribution in [-0.2, 0) is 13.6 Å². The Morgan fingerprint density at radius 1 is 1.40 bits per heavy atom. The molecule has 0 bridgehead atoms. The second-order valence-corrected chi connectivity index (χ2v) is 4.97. The highest BCUT2D eigenvalue weighted by molar-refractivity contribution is 4.99. The van der Waals surface area contributed by atoms with E-state index >= 15 is 0 Å². The molecule has 1 heterocycles. The van der Waals surface area contributed by atoms with Crippen molar-refractivity contribution in [3.05, 3.63) is 18.2 Å². The normalized spacial score (nSPS) is 20.4. The van der Waals surface area contributed by atoms with Gasteiger partial charge in [0.15, 0.2) is 0 Å². The van der Waals surface area contributed by atoms with Gasteiger partial charge in [-0.2, -0.15) is 0 Å². The van der Waals surface area contributed by atoms with E-state index in [9.17, 15) is 0 Å². The van der Waals surface area contributed by atoms with E-state index in [0.717, 1.165) is 6.54 Å². The van der Waals surface area contributed by atoms with Crippen molar-refractivity contribution in [3.63, 3.8) is 0 Å². The van der Waals surface area contributed by atoms with E-state index in [1.54, 1.807) is 0 Å². The molecule has 0 radical (unpaired) electrons. The van der Waals surface area contributed by atoms with Crippen molar-refractivity contribution in [1.82, 2.24) is 14.9 Å². The molecule has 0 spiro atoms. The van der Waals surface area contributed by atoms with Crippen LogP contribution in [0.3, 0.4) is 0 Å². The van der Waals surface area contributed by atoms with Crippen molar-refractivity contribution >= 4 is 0 Å². The smallest absolute Gasteiger partial charge is 0.0945 e. The number of hydrogen-bond donors (Lipinski definition) is 1. The average Bonchev–Trinajstić information content (AvgIpc) is 2.62. The van der Waals surface area contributed by atoms with E-state index < -0.39 is 0 Å². The third kappa shape index (κ3) is 2.59. The van der Waals surface area contributed by atoms with Crippen molar-refractivity contribution in [1.29, 1.82) is 0 Å². The molecule has 1 aliphatic rings. The third-order valence-corrected chi connectivity index (χ3v) is 3.57. The molecule has 0 atom stereocenters. The predicted molar refractivity (Wildman–Crippen MR) is 61.5 cm³/mol. The zero-order chi connectivity index (χ0) is 10.7. The van der Waals surface area contributed by atoms with Gasteiger partial charge >= 0.3 is 0 Å². The maximum atomic E-state index is 4.13. The molecular formula is C12H21N3. The van der Waals surface area contributed by atoms with Crippen LogP contribution in [-0.4, -0.2) is 15.1 Å². The molecule has 1 fully saturated rings. The molecular weight excluding hydrogens is 186 g/mol. The molecule has 1 aromatic heterocycles. The summed E-state index contributed by atoms with van der Waals surface area (Å²) in [5, 5.41) is 3.68. The molecule has 15 heavy (non-hydrogen) atoms. The third-order valence-electron chi connectivity index (χ3n) is 3.57.